The molecule has 20 heavy (non-hydrogen) atoms. The Morgan fingerprint density at radius 1 is 1.50 bits per heavy atom. The Balaban J connectivity index is 2.92. The minimum Gasteiger partial charge on any atom is -0.479 e. The van der Waals surface area contributed by atoms with Gasteiger partial charge < -0.3 is 15.5 Å². The molecule has 0 aromatic heterocycles. The standard InChI is InChI=1S/C11H11ClN2O6/c1-11(18,10(16)17)5-13-9(15)6-3-2-4-7(8(6)12)14(19)20/h2-4,18H,5H2,1H3,(H,13,15)(H,16,17). The molecule has 0 aliphatic heterocycles. The zero-order valence-corrected chi connectivity index (χ0v) is 11.0. The van der Waals surface area contributed by atoms with Crippen LogP contribution in [-0.2, 0) is 4.79 Å². The third-order valence-corrected chi connectivity index (χ3v) is 2.87. The van der Waals surface area contributed by atoms with Crippen molar-refractivity contribution >= 4 is 29.2 Å². The lowest BCUT2D eigenvalue weighted by atomic mass is 10.1. The molecule has 1 aromatic carbocycles. The van der Waals surface area contributed by atoms with Crippen molar-refractivity contribution in [3.8, 4) is 0 Å². The van der Waals surface area contributed by atoms with Gasteiger partial charge in [0.15, 0.2) is 5.60 Å². The SMILES string of the molecule is CC(O)(CNC(=O)c1cccc([N+](=O)[O-])c1Cl)C(=O)O. The van der Waals surface area contributed by atoms with Crippen molar-refractivity contribution < 1.29 is 24.7 Å². The Kier molecular flexibility index (Phi) is 4.64. The Bertz CT molecular complexity index is 572. The van der Waals surface area contributed by atoms with E-state index in [2.05, 4.69) is 5.32 Å². The number of nitro benzene ring substituents is 1. The predicted octanol–water partition coefficient (Wildman–Crippen LogP) is 0.814. The first-order valence-electron chi connectivity index (χ1n) is 5.33. The summed E-state index contributed by atoms with van der Waals surface area (Å²) in [5, 5.41) is 30.6. The largest absolute Gasteiger partial charge is 0.479 e. The van der Waals surface area contributed by atoms with Gasteiger partial charge in [0, 0.05) is 6.07 Å². The molecular formula is C11H11ClN2O6. The number of nitrogens with zero attached hydrogens (tertiary/aromatic N) is 1. The van der Waals surface area contributed by atoms with E-state index in [9.17, 15) is 24.8 Å². The quantitative estimate of drug-likeness (QED) is 0.545. The number of carboxylic acids is 1. The molecule has 1 atom stereocenters. The summed E-state index contributed by atoms with van der Waals surface area (Å²) < 4.78 is 0. The molecule has 3 N–H and O–H groups in total. The molecular weight excluding hydrogens is 292 g/mol. The zero-order chi connectivity index (χ0) is 15.5. The van der Waals surface area contributed by atoms with Crippen LogP contribution >= 0.6 is 11.6 Å². The Labute approximate surface area is 118 Å². The number of hydrogen-bond donors (Lipinski definition) is 3. The molecule has 0 aliphatic rings. The van der Waals surface area contributed by atoms with Crippen molar-refractivity contribution in [2.75, 3.05) is 6.54 Å². The van der Waals surface area contributed by atoms with E-state index in [4.69, 9.17) is 16.7 Å². The number of amides is 1. The molecule has 0 fully saturated rings. The Morgan fingerprint density at radius 3 is 2.60 bits per heavy atom. The van der Waals surface area contributed by atoms with E-state index in [1.54, 1.807) is 0 Å². The van der Waals surface area contributed by atoms with Crippen LogP contribution < -0.4 is 5.32 Å². The van der Waals surface area contributed by atoms with Crippen LogP contribution in [0.2, 0.25) is 5.02 Å². The summed E-state index contributed by atoms with van der Waals surface area (Å²) in [6.07, 6.45) is 0. The molecule has 8 nitrogen and oxygen atoms in total. The van der Waals surface area contributed by atoms with E-state index in [1.165, 1.54) is 12.1 Å². The molecule has 108 valence electrons. The van der Waals surface area contributed by atoms with Gasteiger partial charge >= 0.3 is 5.97 Å². The maximum atomic E-state index is 11.8. The third kappa shape index (κ3) is 3.43. The first-order valence-corrected chi connectivity index (χ1v) is 5.71. The maximum Gasteiger partial charge on any atom is 0.337 e. The van der Waals surface area contributed by atoms with Gasteiger partial charge in [0.05, 0.1) is 17.0 Å². The zero-order valence-electron chi connectivity index (χ0n) is 10.3. The van der Waals surface area contributed by atoms with Gasteiger partial charge in [-0.25, -0.2) is 4.79 Å². The fourth-order valence-corrected chi connectivity index (χ4v) is 1.54. The van der Waals surface area contributed by atoms with E-state index in [-0.39, 0.29) is 10.6 Å². The molecule has 0 bridgehead atoms. The van der Waals surface area contributed by atoms with Crippen LogP contribution in [0.5, 0.6) is 0 Å². The summed E-state index contributed by atoms with van der Waals surface area (Å²) in [5.74, 6) is -2.33. The van der Waals surface area contributed by atoms with Gasteiger partial charge in [0.1, 0.15) is 5.02 Å². The molecule has 0 radical (unpaired) electrons. The highest BCUT2D eigenvalue weighted by molar-refractivity contribution is 6.35. The lowest BCUT2D eigenvalue weighted by Gasteiger charge is -2.18. The molecule has 0 saturated heterocycles. The van der Waals surface area contributed by atoms with Crippen molar-refractivity contribution in [1.29, 1.82) is 0 Å². The number of carbonyl (C=O) groups excluding carboxylic acids is 1. The fourth-order valence-electron chi connectivity index (χ4n) is 1.26. The van der Waals surface area contributed by atoms with Gasteiger partial charge in [-0.15, -0.1) is 0 Å². The molecule has 1 rings (SSSR count). The number of benzene rings is 1. The van der Waals surface area contributed by atoms with E-state index in [0.29, 0.717) is 0 Å². The van der Waals surface area contributed by atoms with Gasteiger partial charge in [-0.1, -0.05) is 17.7 Å². The first-order chi connectivity index (χ1) is 9.16. The van der Waals surface area contributed by atoms with Crippen LogP contribution in [0, 0.1) is 10.1 Å². The highest BCUT2D eigenvalue weighted by Gasteiger charge is 2.31. The minimum atomic E-state index is -2.15. The minimum absolute atomic E-state index is 0.179. The van der Waals surface area contributed by atoms with Crippen molar-refractivity contribution in [2.24, 2.45) is 0 Å². The third-order valence-electron chi connectivity index (χ3n) is 2.47. The summed E-state index contributed by atoms with van der Waals surface area (Å²) in [6, 6.07) is 3.65. The lowest BCUT2D eigenvalue weighted by molar-refractivity contribution is -0.384. The second kappa shape index (κ2) is 5.85. The molecule has 0 heterocycles. The molecule has 0 aliphatic carbocycles. The number of carbonyl (C=O) groups is 2. The number of hydrogen-bond acceptors (Lipinski definition) is 5. The van der Waals surface area contributed by atoms with Crippen LogP contribution in [0.3, 0.4) is 0 Å². The summed E-state index contributed by atoms with van der Waals surface area (Å²) in [5.41, 5.74) is -2.77. The Morgan fingerprint density at radius 2 is 2.10 bits per heavy atom. The van der Waals surface area contributed by atoms with Crippen LogP contribution in [0.15, 0.2) is 18.2 Å². The van der Waals surface area contributed by atoms with Crippen LogP contribution in [-0.4, -0.2) is 39.2 Å². The fraction of sp³-hybridized carbons (Fsp3) is 0.273. The molecule has 1 aromatic rings. The number of nitro groups is 1. The number of aliphatic hydroxyl groups is 1. The van der Waals surface area contributed by atoms with Crippen molar-refractivity contribution in [3.05, 3.63) is 38.9 Å². The maximum absolute atomic E-state index is 11.8. The van der Waals surface area contributed by atoms with E-state index in [0.717, 1.165) is 13.0 Å². The van der Waals surface area contributed by atoms with E-state index < -0.39 is 34.6 Å². The van der Waals surface area contributed by atoms with Crippen molar-refractivity contribution in [1.82, 2.24) is 5.32 Å². The second-order valence-corrected chi connectivity index (χ2v) is 4.54. The summed E-state index contributed by atoms with van der Waals surface area (Å²) >= 11 is 5.73. The van der Waals surface area contributed by atoms with Crippen LogP contribution in [0.1, 0.15) is 17.3 Å². The summed E-state index contributed by atoms with van der Waals surface area (Å²) in [6.45, 7) is 0.435. The number of aliphatic carboxylic acids is 1. The molecule has 9 heteroatoms. The number of carboxylic acid groups (broad SMARTS) is 1. The smallest absolute Gasteiger partial charge is 0.337 e. The monoisotopic (exact) mass is 302 g/mol. The second-order valence-electron chi connectivity index (χ2n) is 4.16. The first kappa shape index (κ1) is 15.9. The average molecular weight is 303 g/mol. The molecule has 0 spiro atoms. The van der Waals surface area contributed by atoms with Gasteiger partial charge in [0.25, 0.3) is 11.6 Å². The topological polar surface area (TPSA) is 130 Å². The molecule has 1 amide bonds. The number of rotatable bonds is 5. The van der Waals surface area contributed by atoms with Gasteiger partial charge in [-0.05, 0) is 13.0 Å². The van der Waals surface area contributed by atoms with Crippen molar-refractivity contribution in [2.45, 2.75) is 12.5 Å². The predicted molar refractivity (Wildman–Crippen MR) is 68.7 cm³/mol. The van der Waals surface area contributed by atoms with Gasteiger partial charge in [0.2, 0.25) is 0 Å². The number of nitrogens with one attached hydrogen (secondary N) is 1. The highest BCUT2D eigenvalue weighted by atomic mass is 35.5. The molecule has 0 saturated carbocycles. The number of halogens is 1. The normalized spacial score (nSPS) is 13.3. The van der Waals surface area contributed by atoms with E-state index >= 15 is 0 Å². The average Bonchev–Trinajstić information content (AvgIpc) is 2.35. The van der Waals surface area contributed by atoms with Crippen LogP contribution in [0.25, 0.3) is 0 Å². The van der Waals surface area contributed by atoms with Crippen molar-refractivity contribution in [3.63, 3.8) is 0 Å². The highest BCUT2D eigenvalue weighted by Crippen LogP contribution is 2.27. The van der Waals surface area contributed by atoms with E-state index in [1.807, 2.05) is 0 Å². The summed E-state index contributed by atoms with van der Waals surface area (Å²) in [4.78, 5) is 32.4. The van der Waals surface area contributed by atoms with Gasteiger partial charge in [-0.2, -0.15) is 0 Å². The molecule has 1 unspecified atom stereocenters. The lowest BCUT2D eigenvalue weighted by Crippen LogP contribution is -2.46. The van der Waals surface area contributed by atoms with Crippen LogP contribution in [0.4, 0.5) is 5.69 Å². The summed E-state index contributed by atoms with van der Waals surface area (Å²) in [7, 11) is 0. The van der Waals surface area contributed by atoms with Gasteiger partial charge in [-0.3, -0.25) is 14.9 Å². The Hall–Kier alpha value is -2.19.